The molecule has 0 N–H and O–H groups in total. The lowest BCUT2D eigenvalue weighted by atomic mass is 10.6. The van der Waals surface area contributed by atoms with Crippen molar-refractivity contribution in [1.29, 1.82) is 0 Å². The normalized spacial score (nSPS) is 14.2. The van der Waals surface area contributed by atoms with Gasteiger partial charge in [0, 0.05) is 35.3 Å². The Hall–Kier alpha value is 0.130. The molecule has 0 aliphatic rings. The van der Waals surface area contributed by atoms with E-state index in [1.807, 2.05) is 0 Å². The molecule has 18 heteroatoms. The molecule has 0 amide bonds. The van der Waals surface area contributed by atoms with Crippen LogP contribution in [0.4, 0.5) is 52.7 Å². The lowest BCUT2D eigenvalue weighted by Crippen LogP contribution is -2.04. The molecule has 1 rings (SSSR count). The van der Waals surface area contributed by atoms with Crippen LogP contribution in [0.3, 0.4) is 0 Å². The first-order valence-electron chi connectivity index (χ1n) is 5.27. The minimum Gasteiger partial charge on any atom is -0.238 e. The summed E-state index contributed by atoms with van der Waals surface area (Å²) < 4.78 is 150. The molecule has 0 saturated heterocycles. The van der Waals surface area contributed by atoms with Crippen molar-refractivity contribution in [3.05, 3.63) is 0 Å². The molecule has 0 unspecified atom stereocenters. The molecule has 152 valence electrons. The van der Waals surface area contributed by atoms with Crippen LogP contribution in [0.2, 0.25) is 0 Å². The molecule has 1 heterocycles. The van der Waals surface area contributed by atoms with E-state index in [2.05, 4.69) is 0 Å². The van der Waals surface area contributed by atoms with Gasteiger partial charge in [0.2, 0.25) is 0 Å². The molecular weight excluding hydrogens is 502 g/mol. The van der Waals surface area contributed by atoms with Gasteiger partial charge in [-0.15, -0.1) is 0 Å². The second-order valence-corrected chi connectivity index (χ2v) is 8.34. The van der Waals surface area contributed by atoms with Gasteiger partial charge in [0.15, 0.2) is 0 Å². The summed E-state index contributed by atoms with van der Waals surface area (Å²) in [6, 6.07) is 0. The van der Waals surface area contributed by atoms with Gasteiger partial charge in [-0.2, -0.15) is 52.7 Å². The van der Waals surface area contributed by atoms with Gasteiger partial charge >= 0.3 is 22.0 Å². The first-order valence-corrected chi connectivity index (χ1v) is 8.87. The molecule has 1 aromatic rings. The Kier molecular flexibility index (Phi) is 7.31. The van der Waals surface area contributed by atoms with Crippen molar-refractivity contribution < 1.29 is 52.7 Å². The Balaban J connectivity index is 3.69. The number of thioether (sulfide) groups is 4. The average Bonchev–Trinajstić information content (AvgIpc) is 2.49. The lowest BCUT2D eigenvalue weighted by Gasteiger charge is -2.12. The summed E-state index contributed by atoms with van der Waals surface area (Å²) in [5.74, 6) is 0. The quantitative estimate of drug-likeness (QED) is 0.305. The summed E-state index contributed by atoms with van der Waals surface area (Å²) in [6.07, 6.45) is 0. The van der Waals surface area contributed by atoms with Crippen molar-refractivity contribution in [1.82, 2.24) is 4.09 Å². The summed E-state index contributed by atoms with van der Waals surface area (Å²) in [5, 5.41) is -3.33. The van der Waals surface area contributed by atoms with E-state index in [-0.39, 0.29) is 0 Å². The Morgan fingerprint density at radius 3 is 0.923 bits per heavy atom. The highest BCUT2D eigenvalue weighted by Crippen LogP contribution is 2.58. The fraction of sp³-hybridized carbons (Fsp3) is 0.500. The highest BCUT2D eigenvalue weighted by atomic mass is 35.5. The number of halogens is 13. The second-order valence-electron chi connectivity index (χ2n) is 3.74. The van der Waals surface area contributed by atoms with Crippen LogP contribution >= 0.6 is 58.8 Å². The van der Waals surface area contributed by atoms with E-state index < -0.39 is 93.0 Å². The first-order chi connectivity index (χ1) is 11.3. The maximum atomic E-state index is 12.5. The van der Waals surface area contributed by atoms with Gasteiger partial charge in [0.1, 0.15) is 10.1 Å². The molecule has 0 aliphatic heterocycles. The van der Waals surface area contributed by atoms with Crippen molar-refractivity contribution in [3.63, 3.8) is 0 Å². The summed E-state index contributed by atoms with van der Waals surface area (Å²) in [4.78, 5) is -3.47. The number of hydrogen-bond acceptors (Lipinski definition) is 4. The largest absolute Gasteiger partial charge is 0.447 e. The van der Waals surface area contributed by atoms with Crippen molar-refractivity contribution in [2.75, 3.05) is 0 Å². The Morgan fingerprint density at radius 2 is 0.731 bits per heavy atom. The van der Waals surface area contributed by atoms with Crippen LogP contribution in [0.15, 0.2) is 19.8 Å². The van der Waals surface area contributed by atoms with Gasteiger partial charge in [0.25, 0.3) is 0 Å². The van der Waals surface area contributed by atoms with Crippen molar-refractivity contribution >= 4 is 58.8 Å². The zero-order chi connectivity index (χ0) is 20.7. The van der Waals surface area contributed by atoms with E-state index in [1.165, 1.54) is 0 Å². The highest BCUT2D eigenvalue weighted by molar-refractivity contribution is 8.05. The van der Waals surface area contributed by atoms with E-state index in [1.54, 1.807) is 0 Å². The number of nitrogens with zero attached hydrogens (tertiary/aromatic N) is 1. The van der Waals surface area contributed by atoms with Crippen LogP contribution in [-0.4, -0.2) is 26.1 Å². The van der Waals surface area contributed by atoms with Gasteiger partial charge in [0.05, 0.1) is 9.79 Å². The Labute approximate surface area is 157 Å². The zero-order valence-corrected chi connectivity index (χ0v) is 15.0. The van der Waals surface area contributed by atoms with E-state index in [4.69, 9.17) is 11.8 Å². The summed E-state index contributed by atoms with van der Waals surface area (Å²) >= 11 is -0.383. The van der Waals surface area contributed by atoms with Crippen LogP contribution in [-0.2, 0) is 0 Å². The molecule has 0 saturated carbocycles. The number of aromatic nitrogens is 1. The van der Waals surface area contributed by atoms with Crippen LogP contribution in [0, 0.1) is 0 Å². The molecule has 0 atom stereocenters. The maximum absolute atomic E-state index is 12.5. The smallest absolute Gasteiger partial charge is 0.238 e. The van der Waals surface area contributed by atoms with E-state index in [9.17, 15) is 52.7 Å². The van der Waals surface area contributed by atoms with Crippen molar-refractivity contribution in [2.24, 2.45) is 0 Å². The molecule has 0 radical (unpaired) electrons. The molecule has 0 spiro atoms. The van der Waals surface area contributed by atoms with E-state index in [0.29, 0.717) is 0 Å². The van der Waals surface area contributed by atoms with Gasteiger partial charge in [-0.25, -0.2) is 4.09 Å². The molecule has 1 nitrogen and oxygen atoms in total. The van der Waals surface area contributed by atoms with Crippen molar-refractivity contribution in [3.8, 4) is 0 Å². The minimum atomic E-state index is -5.39. The molecule has 26 heavy (non-hydrogen) atoms. The third-order valence-electron chi connectivity index (χ3n) is 1.81. The van der Waals surface area contributed by atoms with Crippen LogP contribution in [0.25, 0.3) is 0 Å². The molecule has 1 aromatic heterocycles. The lowest BCUT2D eigenvalue weighted by molar-refractivity contribution is -0.0354. The Morgan fingerprint density at radius 1 is 0.500 bits per heavy atom. The van der Waals surface area contributed by atoms with Crippen LogP contribution in [0.5, 0.6) is 0 Å². The summed E-state index contributed by atoms with van der Waals surface area (Å²) in [6.45, 7) is 0. The molecular formula is C8ClF12NS4. The van der Waals surface area contributed by atoms with Gasteiger partial charge in [-0.3, -0.25) is 0 Å². The van der Waals surface area contributed by atoms with Crippen LogP contribution in [0.1, 0.15) is 0 Å². The number of rotatable bonds is 4. The van der Waals surface area contributed by atoms with Gasteiger partial charge in [-0.05, 0) is 23.5 Å². The van der Waals surface area contributed by atoms with Gasteiger partial charge < -0.3 is 0 Å². The predicted octanol–water partition coefficient (Wildman–Crippen LogP) is 7.94. The molecule has 0 aromatic carbocycles. The predicted molar refractivity (Wildman–Crippen MR) is 73.3 cm³/mol. The molecule has 0 bridgehead atoms. The average molecular weight is 502 g/mol. The number of alkyl halides is 12. The second kappa shape index (κ2) is 7.87. The first kappa shape index (κ1) is 24.2. The number of hydrogen-bond donors (Lipinski definition) is 0. The zero-order valence-electron chi connectivity index (χ0n) is 11.0. The maximum Gasteiger partial charge on any atom is 0.447 e. The summed E-state index contributed by atoms with van der Waals surface area (Å²) in [7, 11) is 0. The summed E-state index contributed by atoms with van der Waals surface area (Å²) in [5.41, 5.74) is -21.4. The monoisotopic (exact) mass is 501 g/mol. The van der Waals surface area contributed by atoms with E-state index >= 15 is 0 Å². The van der Waals surface area contributed by atoms with Crippen molar-refractivity contribution in [2.45, 2.75) is 41.9 Å². The fourth-order valence-electron chi connectivity index (χ4n) is 1.27. The Bertz CT molecular complexity index is 589. The fourth-order valence-corrected chi connectivity index (χ4v) is 5.05. The highest BCUT2D eigenvalue weighted by Gasteiger charge is 2.45. The molecule has 0 aliphatic carbocycles. The third-order valence-corrected chi connectivity index (χ3v) is 6.03. The molecule has 0 fully saturated rings. The SMILES string of the molecule is FC(F)(F)Sc1c(SC(F)(F)F)c(SC(F)(F)F)n(Cl)c1SC(F)(F)F. The van der Waals surface area contributed by atoms with Gasteiger partial charge in [-0.1, -0.05) is 0 Å². The van der Waals surface area contributed by atoms with Crippen LogP contribution < -0.4 is 0 Å². The third kappa shape index (κ3) is 8.02. The van der Waals surface area contributed by atoms with E-state index in [0.717, 1.165) is 0 Å². The standard InChI is InChI=1S/C8ClF12NS4/c9-22-3(25-7(16,17)18)1(23-5(10,11)12)2(24-6(13,14)15)4(22)26-8(19,20)21. The minimum absolute atomic E-state index is 0.515. The topological polar surface area (TPSA) is 4.93 Å².